The van der Waals surface area contributed by atoms with E-state index in [9.17, 15) is 24.0 Å². The van der Waals surface area contributed by atoms with Gasteiger partial charge in [0.15, 0.2) is 0 Å². The van der Waals surface area contributed by atoms with E-state index in [-0.39, 0.29) is 57.9 Å². The number of nitrogens with one attached hydrogen (secondary N) is 2. The van der Waals surface area contributed by atoms with Gasteiger partial charge >= 0.3 is 5.97 Å². The predicted octanol–water partition coefficient (Wildman–Crippen LogP) is 5.66. The van der Waals surface area contributed by atoms with Crippen molar-refractivity contribution in [2.75, 3.05) is 40.4 Å². The molecular weight excluding hydrogens is 1010 g/mol. The molecule has 66 heavy (non-hydrogen) atoms. The number of hydrogen-bond acceptors (Lipinski definition) is 9. The average molecular weight is 1070 g/mol. The number of carbonyl (C=O) groups is 5. The fourth-order valence-electron chi connectivity index (χ4n) is 9.82. The van der Waals surface area contributed by atoms with Crippen LogP contribution in [0.1, 0.15) is 83.7 Å². The number of aryl methyl sites for hydroxylation is 1. The van der Waals surface area contributed by atoms with Crippen molar-refractivity contribution in [3.63, 3.8) is 0 Å². The number of ether oxygens (including phenoxy) is 2. The van der Waals surface area contributed by atoms with Gasteiger partial charge in [0.2, 0.25) is 11.8 Å². The molecule has 7 rings (SSSR count). The van der Waals surface area contributed by atoms with Crippen LogP contribution in [-0.2, 0) is 73.3 Å². The number of aromatic nitrogens is 2. The second-order valence-electron chi connectivity index (χ2n) is 18.8. The number of amides is 4. The third-order valence-electron chi connectivity index (χ3n) is 13.2. The molecule has 2 N–H and O–H groups in total. The van der Waals surface area contributed by atoms with Gasteiger partial charge in [-0.3, -0.25) is 29.2 Å². The minimum atomic E-state index is -1.07. The van der Waals surface area contributed by atoms with Gasteiger partial charge in [-0.2, -0.15) is 0 Å². The summed E-state index contributed by atoms with van der Waals surface area (Å²) in [5, 5.41) is 5.53. The zero-order chi connectivity index (χ0) is 46.7. The number of cyclic esters (lactones) is 1. The van der Waals surface area contributed by atoms with Gasteiger partial charge in [-0.05, 0) is 92.0 Å². The van der Waals surface area contributed by atoms with E-state index in [1.807, 2.05) is 51.0 Å². The van der Waals surface area contributed by atoms with Crippen molar-refractivity contribution in [3.8, 4) is 28.3 Å². The maximum Gasteiger partial charge on any atom is 0.324 e. The van der Waals surface area contributed by atoms with Crippen LogP contribution in [0.2, 0.25) is 0 Å². The van der Waals surface area contributed by atoms with E-state index in [1.165, 1.54) is 14.8 Å². The minimum absolute atomic E-state index is 0. The maximum atomic E-state index is 14.7. The number of esters is 1. The summed E-state index contributed by atoms with van der Waals surface area (Å²) in [4.78, 5) is 76.7. The number of nitrogens with zero attached hydrogens (tertiary/aromatic N) is 5. The molecule has 5 unspecified atom stereocenters. The van der Waals surface area contributed by atoms with Crippen molar-refractivity contribution < 1.29 is 53.9 Å². The number of likely N-dealkylation sites (tertiary alicyclic amines) is 1. The Hall–Kier alpha value is -5.38. The molecule has 3 aliphatic heterocycles. The predicted molar refractivity (Wildman–Crippen MR) is 247 cm³/mol. The van der Waals surface area contributed by atoms with Gasteiger partial charge in [-0.15, -0.1) is 0 Å². The molecule has 14 nitrogen and oxygen atoms in total. The van der Waals surface area contributed by atoms with Crippen LogP contribution in [0.15, 0.2) is 60.8 Å². The maximum absolute atomic E-state index is 14.7. The fraction of sp³-hybridized carbons (Fsp3) is 0.490. The van der Waals surface area contributed by atoms with Crippen molar-refractivity contribution in [2.24, 2.45) is 17.3 Å². The van der Waals surface area contributed by atoms with Crippen LogP contribution in [0.5, 0.6) is 0 Å². The molecule has 3 aliphatic rings. The molecule has 0 aliphatic carbocycles. The SMILES string of the molecule is [C-]#CC(=O)N1CCC(C(=O)N(C)C(C(=O)NC2Cc3cccc(c3)-c3ccc4c(c3)c(c(-c3cccnc3C(C)OC)n4CC)CC(C)(C)COC(=O)C3CCCN(N3)C2=O)C(C)C)C1.[Re]. The number of benzene rings is 2. The Morgan fingerprint density at radius 2 is 1.82 bits per heavy atom. The second-order valence-corrected chi connectivity index (χ2v) is 18.8. The summed E-state index contributed by atoms with van der Waals surface area (Å²) in [5.74, 6) is -1.24. The Morgan fingerprint density at radius 1 is 1.06 bits per heavy atom. The summed E-state index contributed by atoms with van der Waals surface area (Å²) >= 11 is 0. The van der Waals surface area contributed by atoms with Crippen molar-refractivity contribution in [2.45, 2.75) is 104 Å². The van der Waals surface area contributed by atoms with Gasteiger partial charge < -0.3 is 40.4 Å². The monoisotopic (exact) mass is 1070 g/mol. The van der Waals surface area contributed by atoms with Crippen LogP contribution >= 0.6 is 0 Å². The van der Waals surface area contributed by atoms with Gasteiger partial charge in [0.05, 0.1) is 30.0 Å². The van der Waals surface area contributed by atoms with E-state index >= 15 is 0 Å². The Balaban J connectivity index is 0.00000720. The van der Waals surface area contributed by atoms with Crippen molar-refractivity contribution in [3.05, 3.63) is 84.0 Å². The van der Waals surface area contributed by atoms with E-state index < -0.39 is 53.1 Å². The van der Waals surface area contributed by atoms with Crippen LogP contribution in [0, 0.1) is 29.6 Å². The minimum Gasteiger partial charge on any atom is -0.464 e. The second kappa shape index (κ2) is 21.1. The van der Waals surface area contributed by atoms with Gasteiger partial charge in [0.25, 0.3) is 5.91 Å². The van der Waals surface area contributed by atoms with Crippen molar-refractivity contribution in [1.82, 2.24) is 35.1 Å². The first kappa shape index (κ1) is 50.0. The first-order valence-corrected chi connectivity index (χ1v) is 22.8. The van der Waals surface area contributed by atoms with Gasteiger partial charge in [0.1, 0.15) is 24.0 Å². The number of carbonyl (C=O) groups excluding carboxylic acids is 5. The summed E-state index contributed by atoms with van der Waals surface area (Å²) in [6.07, 6.45) is 10.9. The van der Waals surface area contributed by atoms with Crippen LogP contribution in [0.3, 0.4) is 0 Å². The molecule has 2 saturated heterocycles. The van der Waals surface area contributed by atoms with Gasteiger partial charge in [-0.25, -0.2) is 11.3 Å². The van der Waals surface area contributed by atoms with Crippen LogP contribution in [0.25, 0.3) is 33.3 Å². The number of pyridine rings is 1. The van der Waals surface area contributed by atoms with Crippen LogP contribution in [0.4, 0.5) is 0 Å². The first-order valence-electron chi connectivity index (χ1n) is 22.8. The van der Waals surface area contributed by atoms with E-state index in [4.69, 9.17) is 20.9 Å². The molecule has 0 saturated carbocycles. The summed E-state index contributed by atoms with van der Waals surface area (Å²) < 4.78 is 14.3. The van der Waals surface area contributed by atoms with E-state index in [1.54, 1.807) is 20.4 Å². The standard InChI is InChI=1S/C51H62N7O7.Re/c1-10-43(59)56-24-21-36(29-56)48(61)55(8)45(31(3)4)47(60)53-41-26-33-15-12-16-34(25-33)35-19-20-42-38(27-35)39(46(57(42)11-2)37-17-13-22-52-44(37)32(5)64-9)28-51(6,7)30-65-50(63)40-18-14-23-58(54-40)49(41)62;/h12-13,15-17,19-20,22,25,27,31-32,36,40-41,45,54H,11,14,18,21,23-24,26,28-30H2,2-9H3,(H,53,60);/q-1;. The van der Waals surface area contributed by atoms with E-state index in [0.29, 0.717) is 45.3 Å². The number of hydrogen-bond donors (Lipinski definition) is 2. The van der Waals surface area contributed by atoms with E-state index in [2.05, 4.69) is 66.4 Å². The average Bonchev–Trinajstić information content (AvgIpc) is 3.92. The Kier molecular flexibility index (Phi) is 16.0. The zero-order valence-corrected chi connectivity index (χ0v) is 42.0. The Morgan fingerprint density at radius 3 is 2.53 bits per heavy atom. The largest absolute Gasteiger partial charge is 0.464 e. The smallest absolute Gasteiger partial charge is 0.324 e. The molecule has 4 aromatic rings. The molecular formula is C51H62N7O7Re-. The normalized spacial score (nSPS) is 20.7. The number of rotatable bonds is 9. The molecule has 6 bridgehead atoms. The molecule has 1 radical (unpaired) electrons. The van der Waals surface area contributed by atoms with Crippen LogP contribution < -0.4 is 10.7 Å². The molecule has 2 aromatic heterocycles. The topological polar surface area (TPSA) is 155 Å². The number of hydrazine groups is 1. The summed E-state index contributed by atoms with van der Waals surface area (Å²) in [6, 6.07) is 15.7. The molecule has 5 atom stereocenters. The molecule has 4 amide bonds. The molecule has 0 spiro atoms. The summed E-state index contributed by atoms with van der Waals surface area (Å²) in [5.41, 5.74) is 10.4. The van der Waals surface area contributed by atoms with Gasteiger partial charge in [-0.1, -0.05) is 58.0 Å². The number of fused-ring (bicyclic) bond motifs is 6. The first-order chi connectivity index (χ1) is 31.0. The third kappa shape index (κ3) is 10.4. The summed E-state index contributed by atoms with van der Waals surface area (Å²) in [7, 11) is 3.26. The Bertz CT molecular complexity index is 2510. The molecule has 5 heterocycles. The quantitative estimate of drug-likeness (QED) is 0.123. The van der Waals surface area contributed by atoms with Crippen molar-refractivity contribution in [1.29, 1.82) is 0 Å². The molecule has 351 valence electrons. The van der Waals surface area contributed by atoms with E-state index in [0.717, 1.165) is 50.1 Å². The summed E-state index contributed by atoms with van der Waals surface area (Å²) in [6.45, 7) is 13.6. The number of likely N-dealkylation sites (N-methyl/N-ethyl adjacent to an activating group) is 1. The molecule has 2 fully saturated rings. The zero-order valence-electron chi connectivity index (χ0n) is 39.3. The third-order valence-corrected chi connectivity index (χ3v) is 13.2. The number of methoxy groups -OCH3 is 1. The van der Waals surface area contributed by atoms with Gasteiger partial charge in [0, 0.05) is 95.3 Å². The molecule has 2 aromatic carbocycles. The Labute approximate surface area is 402 Å². The van der Waals surface area contributed by atoms with Crippen molar-refractivity contribution >= 4 is 40.5 Å². The van der Waals surface area contributed by atoms with Crippen LogP contribution in [-0.4, -0.2) is 112 Å². The fourth-order valence-corrected chi connectivity index (χ4v) is 9.82. The molecule has 15 heteroatoms.